The Labute approximate surface area is 361 Å². The molecule has 0 bridgehead atoms. The molecule has 0 atom stereocenters. The van der Waals surface area contributed by atoms with E-state index >= 15 is 0 Å². The van der Waals surface area contributed by atoms with Gasteiger partial charge in [-0.2, -0.15) is 0 Å². The molecule has 3 aliphatic carbocycles. The smallest absolute Gasteiger partial charge is 0.0462 e. The van der Waals surface area contributed by atoms with Crippen LogP contribution in [0.1, 0.15) is 75.6 Å². The number of allylic oxidation sites excluding steroid dienone is 2. The van der Waals surface area contributed by atoms with Gasteiger partial charge in [0.2, 0.25) is 0 Å². The Balaban J connectivity index is 0.930. The summed E-state index contributed by atoms with van der Waals surface area (Å²) in [6, 6.07) is 70.0. The molecular formula is C60H51N. The van der Waals surface area contributed by atoms with E-state index < -0.39 is 0 Å². The molecule has 0 saturated heterocycles. The molecule has 8 aromatic carbocycles. The van der Waals surface area contributed by atoms with Crippen LogP contribution in [0.25, 0.3) is 61.2 Å². The van der Waals surface area contributed by atoms with Crippen molar-refractivity contribution in [2.24, 2.45) is 0 Å². The second kappa shape index (κ2) is 14.5. The van der Waals surface area contributed by atoms with Crippen LogP contribution in [0, 0.1) is 0 Å². The van der Waals surface area contributed by atoms with Crippen molar-refractivity contribution in [1.29, 1.82) is 0 Å². The number of hydrogen-bond acceptors (Lipinski definition) is 1. The van der Waals surface area contributed by atoms with Gasteiger partial charge in [0, 0.05) is 27.9 Å². The molecule has 0 spiro atoms. The Bertz CT molecular complexity index is 2960. The molecule has 296 valence electrons. The van der Waals surface area contributed by atoms with Crippen LogP contribution in [0.4, 0.5) is 17.1 Å². The van der Waals surface area contributed by atoms with E-state index in [1.165, 1.54) is 104 Å². The summed E-state index contributed by atoms with van der Waals surface area (Å²) in [5.74, 6) is 0. The Kier molecular flexibility index (Phi) is 8.86. The molecule has 0 saturated carbocycles. The molecule has 11 rings (SSSR count). The molecule has 0 unspecified atom stereocenters. The highest BCUT2D eigenvalue weighted by Gasteiger charge is 2.38. The Morgan fingerprint density at radius 3 is 1.28 bits per heavy atom. The second-order valence-corrected chi connectivity index (χ2v) is 18.4. The van der Waals surface area contributed by atoms with Gasteiger partial charge in [-0.25, -0.2) is 0 Å². The van der Waals surface area contributed by atoms with E-state index in [0.29, 0.717) is 0 Å². The van der Waals surface area contributed by atoms with Crippen LogP contribution in [-0.2, 0) is 10.8 Å². The van der Waals surface area contributed by atoms with E-state index in [1.54, 1.807) is 11.1 Å². The normalized spacial score (nSPS) is 15.5. The first-order valence-electron chi connectivity index (χ1n) is 22.1. The van der Waals surface area contributed by atoms with Crippen molar-refractivity contribution in [2.45, 2.75) is 64.2 Å². The maximum absolute atomic E-state index is 2.48. The minimum Gasteiger partial charge on any atom is -0.311 e. The fraction of sp³-hybridized carbons (Fsp3) is 0.167. The quantitative estimate of drug-likeness (QED) is 0.156. The summed E-state index contributed by atoms with van der Waals surface area (Å²) in [5, 5.41) is 0. The van der Waals surface area contributed by atoms with Gasteiger partial charge >= 0.3 is 0 Å². The van der Waals surface area contributed by atoms with Crippen LogP contribution in [0.2, 0.25) is 0 Å². The zero-order chi connectivity index (χ0) is 41.3. The zero-order valence-corrected chi connectivity index (χ0v) is 35.7. The third kappa shape index (κ3) is 6.29. The highest BCUT2D eigenvalue weighted by Crippen LogP contribution is 2.53. The molecule has 3 aliphatic rings. The average Bonchev–Trinajstić information content (AvgIpc) is 3.69. The standard InChI is InChI=1S/C60H51N/c1-59(2)55-16-10-8-14-51(55)53-36-28-46(38-57(53)59)44-24-32-49(33-25-44)61(48-30-22-43(23-31-48)42-20-18-41(19-21-42)40-12-6-5-7-13-40)50-34-26-45(27-35-50)47-29-37-54-52-15-9-11-17-56(52)60(3,4)58(54)39-47/h5-8,10,12-14,16,18-39H,9,11,15,17H2,1-4H3. The fourth-order valence-electron chi connectivity index (χ4n) is 10.8. The van der Waals surface area contributed by atoms with Gasteiger partial charge in [0.25, 0.3) is 0 Å². The second-order valence-electron chi connectivity index (χ2n) is 18.4. The molecular weight excluding hydrogens is 735 g/mol. The monoisotopic (exact) mass is 785 g/mol. The van der Waals surface area contributed by atoms with Gasteiger partial charge in [-0.05, 0) is 158 Å². The number of hydrogen-bond donors (Lipinski definition) is 0. The first-order chi connectivity index (χ1) is 29.7. The van der Waals surface area contributed by atoms with Gasteiger partial charge < -0.3 is 4.90 Å². The lowest BCUT2D eigenvalue weighted by atomic mass is 9.77. The predicted octanol–water partition coefficient (Wildman–Crippen LogP) is 16.7. The molecule has 1 heteroatoms. The molecule has 0 amide bonds. The minimum atomic E-state index is -0.0345. The van der Waals surface area contributed by atoms with Crippen LogP contribution in [0.15, 0.2) is 194 Å². The van der Waals surface area contributed by atoms with E-state index in [4.69, 9.17) is 0 Å². The van der Waals surface area contributed by atoms with Crippen molar-refractivity contribution in [2.75, 3.05) is 4.90 Å². The lowest BCUT2D eigenvalue weighted by molar-refractivity contribution is 0.574. The maximum Gasteiger partial charge on any atom is 0.0462 e. The average molecular weight is 786 g/mol. The van der Waals surface area contributed by atoms with E-state index in [-0.39, 0.29) is 10.8 Å². The molecule has 8 aromatic rings. The first-order valence-corrected chi connectivity index (χ1v) is 22.1. The van der Waals surface area contributed by atoms with Crippen LogP contribution < -0.4 is 4.90 Å². The number of nitrogens with zero attached hydrogens (tertiary/aromatic N) is 1. The van der Waals surface area contributed by atoms with Gasteiger partial charge in [0.15, 0.2) is 0 Å². The third-order valence-corrected chi connectivity index (χ3v) is 14.2. The predicted molar refractivity (Wildman–Crippen MR) is 259 cm³/mol. The molecule has 61 heavy (non-hydrogen) atoms. The Hall–Kier alpha value is -6.70. The van der Waals surface area contributed by atoms with Crippen molar-refractivity contribution in [3.63, 3.8) is 0 Å². The fourth-order valence-corrected chi connectivity index (χ4v) is 10.8. The van der Waals surface area contributed by atoms with Crippen LogP contribution in [-0.4, -0.2) is 0 Å². The van der Waals surface area contributed by atoms with Gasteiger partial charge in [-0.1, -0.05) is 173 Å². The van der Waals surface area contributed by atoms with Crippen molar-refractivity contribution in [3.8, 4) is 55.6 Å². The van der Waals surface area contributed by atoms with Crippen LogP contribution in [0.3, 0.4) is 0 Å². The molecule has 0 fully saturated rings. The van der Waals surface area contributed by atoms with E-state index in [2.05, 4.69) is 221 Å². The summed E-state index contributed by atoms with van der Waals surface area (Å²) < 4.78 is 0. The summed E-state index contributed by atoms with van der Waals surface area (Å²) in [5.41, 5.74) is 25.1. The topological polar surface area (TPSA) is 3.24 Å². The largest absolute Gasteiger partial charge is 0.311 e. The van der Waals surface area contributed by atoms with E-state index in [0.717, 1.165) is 17.1 Å². The van der Waals surface area contributed by atoms with Crippen molar-refractivity contribution in [3.05, 3.63) is 216 Å². The van der Waals surface area contributed by atoms with Gasteiger partial charge in [-0.3, -0.25) is 0 Å². The third-order valence-electron chi connectivity index (χ3n) is 14.2. The number of anilines is 3. The highest BCUT2D eigenvalue weighted by molar-refractivity contribution is 5.86. The van der Waals surface area contributed by atoms with Crippen molar-refractivity contribution >= 4 is 22.6 Å². The molecule has 0 aliphatic heterocycles. The molecule has 0 N–H and O–H groups in total. The number of fused-ring (bicyclic) bond motifs is 5. The molecule has 0 radical (unpaired) electrons. The SMILES string of the molecule is CC1(C)C2=C(CCCC2)c2ccc(-c3ccc(N(c4ccc(-c5ccc(-c6ccccc6)cc5)cc4)c4ccc(-c5ccc6c(c5)C(C)(C)c5ccccc5-6)cc4)cc3)cc21. The van der Waals surface area contributed by atoms with E-state index in [1.807, 2.05) is 0 Å². The van der Waals surface area contributed by atoms with Gasteiger partial charge in [0.05, 0.1) is 0 Å². The molecule has 0 aromatic heterocycles. The molecule has 1 nitrogen and oxygen atoms in total. The van der Waals surface area contributed by atoms with Crippen LogP contribution in [0.5, 0.6) is 0 Å². The Morgan fingerprint density at radius 2 is 0.721 bits per heavy atom. The van der Waals surface area contributed by atoms with Gasteiger partial charge in [-0.15, -0.1) is 0 Å². The minimum absolute atomic E-state index is 0.0345. The summed E-state index contributed by atoms with van der Waals surface area (Å²) in [6.45, 7) is 9.58. The lowest BCUT2D eigenvalue weighted by Crippen LogP contribution is -2.18. The lowest BCUT2D eigenvalue weighted by Gasteiger charge is -2.27. The summed E-state index contributed by atoms with van der Waals surface area (Å²) in [7, 11) is 0. The molecule has 0 heterocycles. The highest BCUT2D eigenvalue weighted by atomic mass is 15.1. The summed E-state index contributed by atoms with van der Waals surface area (Å²) >= 11 is 0. The van der Waals surface area contributed by atoms with Crippen LogP contribution >= 0.6 is 0 Å². The summed E-state index contributed by atoms with van der Waals surface area (Å²) in [4.78, 5) is 2.39. The van der Waals surface area contributed by atoms with Gasteiger partial charge in [0.1, 0.15) is 0 Å². The summed E-state index contributed by atoms with van der Waals surface area (Å²) in [6.07, 6.45) is 5.08. The van der Waals surface area contributed by atoms with E-state index in [9.17, 15) is 0 Å². The number of benzene rings is 8. The first kappa shape index (κ1) is 37.3. The zero-order valence-electron chi connectivity index (χ0n) is 35.7. The Morgan fingerprint density at radius 1 is 0.328 bits per heavy atom. The van der Waals surface area contributed by atoms with Crippen molar-refractivity contribution < 1.29 is 0 Å². The van der Waals surface area contributed by atoms with Crippen molar-refractivity contribution in [1.82, 2.24) is 0 Å². The number of rotatable bonds is 7. The maximum atomic E-state index is 2.48.